The number of aryl methyl sites for hydroxylation is 1. The molecule has 1 aliphatic rings. The van der Waals surface area contributed by atoms with Gasteiger partial charge in [0.15, 0.2) is 0 Å². The molecule has 0 atom stereocenters. The molecule has 0 radical (unpaired) electrons. The van der Waals surface area contributed by atoms with Gasteiger partial charge >= 0.3 is 0 Å². The van der Waals surface area contributed by atoms with Gasteiger partial charge in [0.1, 0.15) is 5.82 Å². The van der Waals surface area contributed by atoms with E-state index in [1.165, 1.54) is 4.90 Å². The van der Waals surface area contributed by atoms with Crippen LogP contribution in [0.2, 0.25) is 0 Å². The van der Waals surface area contributed by atoms with E-state index in [0.29, 0.717) is 17.5 Å². The molecule has 5 aromatic rings. The van der Waals surface area contributed by atoms with E-state index >= 15 is 0 Å². The lowest BCUT2D eigenvalue weighted by Gasteiger charge is -2.27. The van der Waals surface area contributed by atoms with Crippen LogP contribution in [0.4, 0.5) is 0 Å². The highest BCUT2D eigenvalue weighted by Crippen LogP contribution is 2.30. The molecule has 0 bridgehead atoms. The van der Waals surface area contributed by atoms with Crippen LogP contribution in [0.1, 0.15) is 32.1 Å². The summed E-state index contributed by atoms with van der Waals surface area (Å²) in [7, 11) is 0. The molecule has 0 fully saturated rings. The molecule has 0 saturated carbocycles. The first-order valence-corrected chi connectivity index (χ1v) is 11.0. The average Bonchev–Trinajstić information content (AvgIpc) is 3.20. The summed E-state index contributed by atoms with van der Waals surface area (Å²) in [4.78, 5) is 32.8. The zero-order valence-electron chi connectivity index (χ0n) is 18.2. The lowest BCUT2D eigenvalue weighted by Crippen LogP contribution is -2.41. The summed E-state index contributed by atoms with van der Waals surface area (Å²) in [6.07, 6.45) is 0.457. The van der Waals surface area contributed by atoms with Crippen LogP contribution in [0.25, 0.3) is 27.5 Å². The minimum absolute atomic E-state index is 0.248. The van der Waals surface area contributed by atoms with Gasteiger partial charge in [0.2, 0.25) is 0 Å². The van der Waals surface area contributed by atoms with Crippen LogP contribution < -0.4 is 0 Å². The Morgan fingerprint density at radius 2 is 1.48 bits per heavy atom. The Kier molecular flexibility index (Phi) is 4.37. The third-order valence-corrected chi connectivity index (χ3v) is 6.31. The Labute approximate surface area is 190 Å². The van der Waals surface area contributed by atoms with Crippen molar-refractivity contribution in [1.29, 1.82) is 0 Å². The number of carbonyl (C=O) groups excluding carboxylic acids is 2. The van der Waals surface area contributed by atoms with Crippen molar-refractivity contribution in [2.24, 2.45) is 0 Å². The van der Waals surface area contributed by atoms with Crippen LogP contribution in [0, 0.1) is 6.92 Å². The molecule has 33 heavy (non-hydrogen) atoms. The number of hydrogen-bond donors (Lipinski definition) is 0. The monoisotopic (exact) mass is 431 g/mol. The molecular weight excluding hydrogens is 410 g/mol. The molecule has 5 heteroatoms. The number of para-hydroxylation sites is 1. The molecule has 4 aromatic carbocycles. The van der Waals surface area contributed by atoms with E-state index < -0.39 is 0 Å². The highest BCUT2D eigenvalue weighted by molar-refractivity contribution is 6.25. The number of rotatable bonds is 4. The summed E-state index contributed by atoms with van der Waals surface area (Å²) in [5.74, 6) is 0.324. The van der Waals surface area contributed by atoms with Crippen LogP contribution in [-0.2, 0) is 6.42 Å². The number of carbonyl (C=O) groups is 2. The maximum atomic E-state index is 13.3. The molecule has 1 aliphatic heterocycles. The van der Waals surface area contributed by atoms with E-state index in [1.54, 1.807) is 12.1 Å². The Balaban J connectivity index is 1.40. The second kappa shape index (κ2) is 7.41. The van der Waals surface area contributed by atoms with Gasteiger partial charge in [-0.25, -0.2) is 4.98 Å². The largest absolute Gasteiger partial charge is 0.296 e. The van der Waals surface area contributed by atoms with Gasteiger partial charge in [-0.2, -0.15) is 0 Å². The molecule has 5 nitrogen and oxygen atoms in total. The summed E-state index contributed by atoms with van der Waals surface area (Å²) in [6.45, 7) is 2.31. The number of nitrogens with zero attached hydrogens (tertiary/aromatic N) is 3. The minimum atomic E-state index is -0.248. The number of fused-ring (bicyclic) bond motifs is 1. The van der Waals surface area contributed by atoms with Crippen LogP contribution in [-0.4, -0.2) is 32.8 Å². The zero-order chi connectivity index (χ0) is 22.5. The number of benzene rings is 4. The van der Waals surface area contributed by atoms with Crippen molar-refractivity contribution in [3.05, 3.63) is 107 Å². The summed E-state index contributed by atoms with van der Waals surface area (Å²) in [5.41, 5.74) is 5.21. The number of aromatic nitrogens is 2. The summed E-state index contributed by atoms with van der Waals surface area (Å²) < 4.78 is 2.11. The molecule has 0 aliphatic carbocycles. The predicted octanol–water partition coefficient (Wildman–Crippen LogP) is 5.33. The molecule has 2 amide bonds. The molecule has 0 saturated heterocycles. The number of imidazole rings is 1. The van der Waals surface area contributed by atoms with Crippen molar-refractivity contribution >= 4 is 33.6 Å². The zero-order valence-corrected chi connectivity index (χ0v) is 18.2. The van der Waals surface area contributed by atoms with Gasteiger partial charge in [-0.3, -0.25) is 19.1 Å². The fourth-order valence-electron chi connectivity index (χ4n) is 4.77. The molecule has 1 aromatic heterocycles. The van der Waals surface area contributed by atoms with Gasteiger partial charge in [-0.15, -0.1) is 0 Å². The molecular formula is C28H21N3O2. The van der Waals surface area contributed by atoms with E-state index in [4.69, 9.17) is 4.98 Å². The first-order chi connectivity index (χ1) is 16.1. The van der Waals surface area contributed by atoms with Crippen molar-refractivity contribution in [3.63, 3.8) is 0 Å². The highest BCUT2D eigenvalue weighted by Gasteiger charge is 2.32. The maximum Gasteiger partial charge on any atom is 0.261 e. The first kappa shape index (κ1) is 19.4. The van der Waals surface area contributed by atoms with Crippen LogP contribution in [0.15, 0.2) is 84.9 Å². The smallest absolute Gasteiger partial charge is 0.261 e. The minimum Gasteiger partial charge on any atom is -0.296 e. The molecule has 0 N–H and O–H groups in total. The molecule has 2 heterocycles. The summed E-state index contributed by atoms with van der Waals surface area (Å²) >= 11 is 0. The van der Waals surface area contributed by atoms with Crippen molar-refractivity contribution in [2.45, 2.75) is 13.3 Å². The van der Waals surface area contributed by atoms with Crippen LogP contribution >= 0.6 is 0 Å². The van der Waals surface area contributed by atoms with Crippen molar-refractivity contribution in [3.8, 4) is 5.69 Å². The average molecular weight is 431 g/mol. The topological polar surface area (TPSA) is 55.2 Å². The van der Waals surface area contributed by atoms with Crippen LogP contribution in [0.3, 0.4) is 0 Å². The first-order valence-electron chi connectivity index (χ1n) is 11.0. The van der Waals surface area contributed by atoms with E-state index in [0.717, 1.165) is 38.9 Å². The van der Waals surface area contributed by atoms with Gasteiger partial charge in [-0.05, 0) is 54.3 Å². The Bertz CT molecular complexity index is 1520. The second-order valence-electron chi connectivity index (χ2n) is 8.41. The van der Waals surface area contributed by atoms with E-state index in [2.05, 4.69) is 22.8 Å². The predicted molar refractivity (Wildman–Crippen MR) is 129 cm³/mol. The van der Waals surface area contributed by atoms with E-state index in [1.807, 2.05) is 61.5 Å². The fourth-order valence-corrected chi connectivity index (χ4v) is 4.77. The van der Waals surface area contributed by atoms with Gasteiger partial charge in [0, 0.05) is 35.2 Å². The van der Waals surface area contributed by atoms with Gasteiger partial charge in [0.25, 0.3) is 11.8 Å². The van der Waals surface area contributed by atoms with E-state index in [9.17, 15) is 9.59 Å². The maximum absolute atomic E-state index is 13.3. The Morgan fingerprint density at radius 1 is 0.788 bits per heavy atom. The highest BCUT2D eigenvalue weighted by atomic mass is 16.2. The van der Waals surface area contributed by atoms with Crippen molar-refractivity contribution in [1.82, 2.24) is 14.5 Å². The Hall–Kier alpha value is -4.25. The quantitative estimate of drug-likeness (QED) is 0.362. The number of amides is 2. The van der Waals surface area contributed by atoms with Gasteiger partial charge < -0.3 is 0 Å². The third kappa shape index (κ3) is 3.04. The number of hydrogen-bond acceptors (Lipinski definition) is 3. The standard InChI is InChI=1S/C28H21N3O2/c1-18-13-14-24-23(17-18)29-25(31(24)20-9-3-2-4-10-20)15-16-30-27(32)21-11-5-7-19-8-6-12-22(26(19)21)28(30)33/h2-14,17H,15-16H2,1H3. The molecule has 0 spiro atoms. The molecule has 0 unspecified atom stereocenters. The molecule has 6 rings (SSSR count). The summed E-state index contributed by atoms with van der Waals surface area (Å²) in [5, 5.41) is 1.66. The number of imide groups is 1. The normalized spacial score (nSPS) is 13.3. The van der Waals surface area contributed by atoms with Crippen LogP contribution in [0.5, 0.6) is 0 Å². The fraction of sp³-hybridized carbons (Fsp3) is 0.107. The van der Waals surface area contributed by atoms with E-state index in [-0.39, 0.29) is 18.4 Å². The lowest BCUT2D eigenvalue weighted by atomic mass is 9.94. The lowest BCUT2D eigenvalue weighted by molar-refractivity contribution is 0.0612. The Morgan fingerprint density at radius 3 is 2.18 bits per heavy atom. The van der Waals surface area contributed by atoms with Crippen molar-refractivity contribution < 1.29 is 9.59 Å². The summed E-state index contributed by atoms with van der Waals surface area (Å²) in [6, 6.07) is 27.5. The van der Waals surface area contributed by atoms with Gasteiger partial charge in [-0.1, -0.05) is 48.5 Å². The van der Waals surface area contributed by atoms with Gasteiger partial charge in [0.05, 0.1) is 11.0 Å². The van der Waals surface area contributed by atoms with Crippen molar-refractivity contribution in [2.75, 3.05) is 6.54 Å². The SMILES string of the molecule is Cc1ccc2c(c1)nc(CCN1C(=O)c3cccc4cccc(c34)C1=O)n2-c1ccccc1. The third-order valence-electron chi connectivity index (χ3n) is 6.31. The molecule has 160 valence electrons. The second-order valence-corrected chi connectivity index (χ2v) is 8.41.